The van der Waals surface area contributed by atoms with Gasteiger partial charge in [0.1, 0.15) is 11.6 Å². The summed E-state index contributed by atoms with van der Waals surface area (Å²) in [6, 6.07) is 0. The summed E-state index contributed by atoms with van der Waals surface area (Å²) >= 11 is 0. The molecule has 0 unspecified atom stereocenters. The molecule has 7 nitrogen and oxygen atoms in total. The third-order valence-corrected chi connectivity index (χ3v) is 2.68. The maximum atomic E-state index is 10.7. The van der Waals surface area contributed by atoms with E-state index in [1.54, 1.807) is 13.8 Å². The van der Waals surface area contributed by atoms with Crippen molar-refractivity contribution in [3.05, 3.63) is 0 Å². The average molecular weight is 334 g/mol. The van der Waals surface area contributed by atoms with Crippen molar-refractivity contribution in [2.24, 2.45) is 0 Å². The number of hydrogen-bond acceptors (Lipinski definition) is 7. The lowest BCUT2D eigenvalue weighted by atomic mass is 10.3. The van der Waals surface area contributed by atoms with Crippen LogP contribution in [-0.2, 0) is 33.3 Å². The highest BCUT2D eigenvalue weighted by molar-refractivity contribution is 5.75. The molecule has 0 aromatic carbocycles. The highest BCUT2D eigenvalue weighted by Crippen LogP contribution is 1.87. The van der Waals surface area contributed by atoms with Crippen molar-refractivity contribution in [1.29, 1.82) is 0 Å². The van der Waals surface area contributed by atoms with Gasteiger partial charge in [0.15, 0.2) is 0 Å². The first kappa shape index (κ1) is 22.1. The number of ketones is 2. The Bertz CT molecular complexity index is 266. The molecule has 0 N–H and O–H groups in total. The van der Waals surface area contributed by atoms with E-state index >= 15 is 0 Å². The molecule has 0 saturated carbocycles. The van der Waals surface area contributed by atoms with Crippen molar-refractivity contribution < 1.29 is 33.3 Å². The quantitative estimate of drug-likeness (QED) is 0.346. The Balaban J connectivity index is 3.00. The van der Waals surface area contributed by atoms with Gasteiger partial charge in [-0.05, 0) is 13.8 Å². The zero-order chi connectivity index (χ0) is 17.2. The Morgan fingerprint density at radius 3 is 0.913 bits per heavy atom. The van der Waals surface area contributed by atoms with Gasteiger partial charge in [0.2, 0.25) is 0 Å². The summed E-state index contributed by atoms with van der Waals surface area (Å²) in [6.07, 6.45) is 0.899. The van der Waals surface area contributed by atoms with E-state index in [0.29, 0.717) is 78.9 Å². The molecule has 0 rings (SSSR count). The second-order valence-electron chi connectivity index (χ2n) is 4.97. The van der Waals surface area contributed by atoms with Crippen LogP contribution in [0.2, 0.25) is 0 Å². The van der Waals surface area contributed by atoms with E-state index in [1.807, 2.05) is 0 Å². The molecule has 7 heteroatoms. The molecule has 0 atom stereocenters. The molecule has 0 saturated heterocycles. The van der Waals surface area contributed by atoms with E-state index in [0.717, 1.165) is 0 Å². The molecule has 0 heterocycles. The fourth-order valence-electron chi connectivity index (χ4n) is 1.41. The van der Waals surface area contributed by atoms with Crippen LogP contribution in [-0.4, -0.2) is 77.6 Å². The highest BCUT2D eigenvalue weighted by Gasteiger charge is 1.96. The van der Waals surface area contributed by atoms with Gasteiger partial charge in [-0.1, -0.05) is 0 Å². The zero-order valence-electron chi connectivity index (χ0n) is 14.3. The zero-order valence-corrected chi connectivity index (χ0v) is 14.3. The summed E-state index contributed by atoms with van der Waals surface area (Å²) in [4.78, 5) is 21.3. The SMILES string of the molecule is CC(=O)CCOCCOCCOCCOCCOCCC(C)=O. The van der Waals surface area contributed by atoms with Crippen LogP contribution < -0.4 is 0 Å². The van der Waals surface area contributed by atoms with Crippen molar-refractivity contribution >= 4 is 11.6 Å². The largest absolute Gasteiger partial charge is 0.379 e. The van der Waals surface area contributed by atoms with Gasteiger partial charge in [0.05, 0.1) is 66.1 Å². The lowest BCUT2D eigenvalue weighted by molar-refractivity contribution is -0.119. The van der Waals surface area contributed by atoms with Crippen LogP contribution in [0, 0.1) is 0 Å². The summed E-state index contributed by atoms with van der Waals surface area (Å²) in [5.41, 5.74) is 0. The van der Waals surface area contributed by atoms with Crippen LogP contribution in [0.15, 0.2) is 0 Å². The number of carbonyl (C=O) groups is 2. The van der Waals surface area contributed by atoms with Crippen LogP contribution >= 0.6 is 0 Å². The number of hydrogen-bond donors (Lipinski definition) is 0. The van der Waals surface area contributed by atoms with Gasteiger partial charge >= 0.3 is 0 Å². The summed E-state index contributed by atoms with van der Waals surface area (Å²) in [5.74, 6) is 0.258. The van der Waals surface area contributed by atoms with Crippen LogP contribution in [0.3, 0.4) is 0 Å². The van der Waals surface area contributed by atoms with E-state index in [-0.39, 0.29) is 11.6 Å². The Morgan fingerprint density at radius 2 is 0.696 bits per heavy atom. The number of rotatable bonds is 18. The molecule has 0 amide bonds. The van der Waals surface area contributed by atoms with E-state index in [2.05, 4.69) is 0 Å². The van der Waals surface area contributed by atoms with Crippen molar-refractivity contribution in [1.82, 2.24) is 0 Å². The first-order valence-corrected chi connectivity index (χ1v) is 8.00. The Kier molecular flexibility index (Phi) is 16.8. The smallest absolute Gasteiger partial charge is 0.132 e. The maximum absolute atomic E-state index is 10.7. The molecule has 0 aliphatic rings. The third kappa shape index (κ3) is 21.1. The Labute approximate surface area is 138 Å². The third-order valence-electron chi connectivity index (χ3n) is 2.68. The van der Waals surface area contributed by atoms with Crippen LogP contribution in [0.1, 0.15) is 26.7 Å². The lowest BCUT2D eigenvalue weighted by Gasteiger charge is -2.07. The van der Waals surface area contributed by atoms with Crippen LogP contribution in [0.4, 0.5) is 0 Å². The Hall–Kier alpha value is -0.860. The number of ether oxygens (including phenoxy) is 5. The normalized spacial score (nSPS) is 10.9. The minimum absolute atomic E-state index is 0.129. The van der Waals surface area contributed by atoms with Gasteiger partial charge in [0, 0.05) is 12.8 Å². The lowest BCUT2D eigenvalue weighted by Crippen LogP contribution is -2.13. The average Bonchev–Trinajstić information content (AvgIpc) is 2.49. The van der Waals surface area contributed by atoms with Crippen molar-refractivity contribution in [3.8, 4) is 0 Å². The fraction of sp³-hybridized carbons (Fsp3) is 0.875. The van der Waals surface area contributed by atoms with Crippen LogP contribution in [0.25, 0.3) is 0 Å². The van der Waals surface area contributed by atoms with Crippen molar-refractivity contribution in [3.63, 3.8) is 0 Å². The summed E-state index contributed by atoms with van der Waals surface area (Å²) in [7, 11) is 0. The van der Waals surface area contributed by atoms with E-state index in [1.165, 1.54) is 0 Å². The molecule has 0 bridgehead atoms. The first-order valence-electron chi connectivity index (χ1n) is 8.00. The minimum atomic E-state index is 0.129. The molecule has 23 heavy (non-hydrogen) atoms. The molecule has 0 aliphatic heterocycles. The van der Waals surface area contributed by atoms with E-state index in [4.69, 9.17) is 23.7 Å². The molecule has 0 aromatic rings. The van der Waals surface area contributed by atoms with Gasteiger partial charge in [-0.15, -0.1) is 0 Å². The minimum Gasteiger partial charge on any atom is -0.379 e. The maximum Gasteiger partial charge on any atom is 0.132 e. The fourth-order valence-corrected chi connectivity index (χ4v) is 1.41. The van der Waals surface area contributed by atoms with Crippen LogP contribution in [0.5, 0.6) is 0 Å². The van der Waals surface area contributed by atoms with Gasteiger partial charge in [0.25, 0.3) is 0 Å². The molecule has 0 spiro atoms. The van der Waals surface area contributed by atoms with E-state index in [9.17, 15) is 9.59 Å². The highest BCUT2D eigenvalue weighted by atomic mass is 16.6. The predicted octanol–water partition coefficient (Wildman–Crippen LogP) is 1.03. The second kappa shape index (κ2) is 17.5. The molecule has 0 aromatic heterocycles. The summed E-state index contributed by atoms with van der Waals surface area (Å²) in [6.45, 7) is 7.97. The monoisotopic (exact) mass is 334 g/mol. The van der Waals surface area contributed by atoms with Gasteiger partial charge in [-0.2, -0.15) is 0 Å². The molecule has 0 fully saturated rings. The Morgan fingerprint density at radius 1 is 0.478 bits per heavy atom. The standard InChI is InChI=1S/C16H30O7/c1-15(17)3-5-19-7-9-21-11-13-23-14-12-22-10-8-20-6-4-16(2)18/h3-14H2,1-2H3. The van der Waals surface area contributed by atoms with Gasteiger partial charge < -0.3 is 23.7 Å². The molecule has 136 valence electrons. The van der Waals surface area contributed by atoms with Crippen molar-refractivity contribution in [2.45, 2.75) is 26.7 Å². The first-order chi connectivity index (χ1) is 11.1. The predicted molar refractivity (Wildman–Crippen MR) is 84.7 cm³/mol. The molecule has 0 aliphatic carbocycles. The van der Waals surface area contributed by atoms with E-state index < -0.39 is 0 Å². The summed E-state index contributed by atoms with van der Waals surface area (Å²) < 4.78 is 26.4. The van der Waals surface area contributed by atoms with Crippen molar-refractivity contribution in [2.75, 3.05) is 66.1 Å². The van der Waals surface area contributed by atoms with Gasteiger partial charge in [-0.25, -0.2) is 0 Å². The van der Waals surface area contributed by atoms with Gasteiger partial charge in [-0.3, -0.25) is 9.59 Å². The number of carbonyl (C=O) groups excluding carboxylic acids is 2. The number of Topliss-reactive ketones (excluding diaryl/α,β-unsaturated/α-hetero) is 2. The summed E-state index contributed by atoms with van der Waals surface area (Å²) in [5, 5.41) is 0. The molecular formula is C16H30O7. The topological polar surface area (TPSA) is 80.3 Å². The second-order valence-corrected chi connectivity index (χ2v) is 4.97. The molecular weight excluding hydrogens is 304 g/mol. The molecule has 0 radical (unpaired) electrons.